The highest BCUT2D eigenvalue weighted by Gasteiger charge is 2.26. The molecule has 15 heavy (non-hydrogen) atoms. The highest BCUT2D eigenvalue weighted by molar-refractivity contribution is 6.02. The Morgan fingerprint density at radius 1 is 1.53 bits per heavy atom. The maximum Gasteiger partial charge on any atom is 0.231 e. The van der Waals surface area contributed by atoms with Gasteiger partial charge in [-0.1, -0.05) is 19.0 Å². The summed E-state index contributed by atoms with van der Waals surface area (Å²) < 4.78 is 0. The van der Waals surface area contributed by atoms with E-state index in [0.29, 0.717) is 6.42 Å². The molecule has 88 valence electrons. The molecule has 1 atom stereocenters. The highest BCUT2D eigenvalue weighted by Crippen LogP contribution is 2.10. The zero-order valence-corrected chi connectivity index (χ0v) is 9.87. The number of carbonyl (C=O) groups is 1. The number of rotatable bonds is 5. The Morgan fingerprint density at radius 3 is 2.40 bits per heavy atom. The van der Waals surface area contributed by atoms with Crippen LogP contribution in [-0.2, 0) is 4.79 Å². The summed E-state index contributed by atoms with van der Waals surface area (Å²) in [6.45, 7) is 7.68. The molecule has 5 heteroatoms. The molecule has 1 amide bonds. The molecular formula is C10H21N3O2. The number of nitrogens with one attached hydrogen (secondary N) is 1. The minimum atomic E-state index is -0.555. The molecule has 0 radical (unpaired) electrons. The average Bonchev–Trinajstić information content (AvgIpc) is 2.17. The van der Waals surface area contributed by atoms with E-state index in [9.17, 15) is 4.79 Å². The monoisotopic (exact) mass is 215 g/mol. The van der Waals surface area contributed by atoms with Crippen LogP contribution < -0.4 is 11.1 Å². The van der Waals surface area contributed by atoms with Crippen molar-refractivity contribution in [2.45, 2.75) is 46.1 Å². The van der Waals surface area contributed by atoms with E-state index in [-0.39, 0.29) is 17.3 Å². The smallest absolute Gasteiger partial charge is 0.231 e. The van der Waals surface area contributed by atoms with Crippen LogP contribution in [0.1, 0.15) is 40.5 Å². The number of carbonyl (C=O) groups excluding carboxylic acids is 1. The quantitative estimate of drug-likeness (QED) is 0.277. The summed E-state index contributed by atoms with van der Waals surface area (Å²) in [6, 6.07) is 0. The predicted molar refractivity (Wildman–Crippen MR) is 59.7 cm³/mol. The number of amidine groups is 1. The largest absolute Gasteiger partial charge is 0.409 e. The number of nitrogens with zero attached hydrogens (tertiary/aromatic N) is 1. The first-order chi connectivity index (χ1) is 6.87. The third-order valence-corrected chi connectivity index (χ3v) is 2.54. The summed E-state index contributed by atoms with van der Waals surface area (Å²) >= 11 is 0. The predicted octanol–water partition coefficient (Wildman–Crippen LogP) is 1.06. The van der Waals surface area contributed by atoms with Crippen LogP contribution in [0, 0.1) is 5.92 Å². The lowest BCUT2D eigenvalue weighted by Crippen LogP contribution is -2.48. The molecule has 0 rings (SSSR count). The fourth-order valence-electron chi connectivity index (χ4n) is 1.11. The van der Waals surface area contributed by atoms with Crippen LogP contribution in [0.15, 0.2) is 5.16 Å². The summed E-state index contributed by atoms with van der Waals surface area (Å²) in [7, 11) is 0. The third-order valence-electron chi connectivity index (χ3n) is 2.54. The second kappa shape index (κ2) is 5.58. The van der Waals surface area contributed by atoms with Gasteiger partial charge in [-0.3, -0.25) is 4.79 Å². The van der Waals surface area contributed by atoms with Gasteiger partial charge in [-0.05, 0) is 26.7 Å². The molecule has 0 aliphatic rings. The molecule has 1 unspecified atom stereocenters. The van der Waals surface area contributed by atoms with E-state index in [1.807, 2.05) is 27.7 Å². The molecule has 4 N–H and O–H groups in total. The number of amides is 1. The van der Waals surface area contributed by atoms with Crippen LogP contribution in [0.4, 0.5) is 0 Å². The van der Waals surface area contributed by atoms with E-state index >= 15 is 0 Å². The van der Waals surface area contributed by atoms with Gasteiger partial charge in [0.05, 0.1) is 5.92 Å². The number of hydrogen-bond donors (Lipinski definition) is 3. The number of hydrogen-bond acceptors (Lipinski definition) is 3. The van der Waals surface area contributed by atoms with Crippen LogP contribution in [0.3, 0.4) is 0 Å². The summed E-state index contributed by atoms with van der Waals surface area (Å²) in [5.74, 6) is -0.789. The topological polar surface area (TPSA) is 87.7 Å². The van der Waals surface area contributed by atoms with E-state index in [1.165, 1.54) is 0 Å². The summed E-state index contributed by atoms with van der Waals surface area (Å²) in [6.07, 6.45) is 1.34. The van der Waals surface area contributed by atoms with Crippen molar-refractivity contribution in [1.82, 2.24) is 5.32 Å². The molecule has 0 spiro atoms. The number of nitrogens with two attached hydrogens (primary N) is 1. The highest BCUT2D eigenvalue weighted by atomic mass is 16.4. The Balaban J connectivity index is 4.55. The van der Waals surface area contributed by atoms with E-state index in [2.05, 4.69) is 10.5 Å². The second-order valence-electron chi connectivity index (χ2n) is 4.21. The Kier molecular flexibility index (Phi) is 5.11. The van der Waals surface area contributed by atoms with Gasteiger partial charge in [0, 0.05) is 5.54 Å². The molecule has 5 nitrogen and oxygen atoms in total. The van der Waals surface area contributed by atoms with Crippen LogP contribution in [0.2, 0.25) is 0 Å². The summed E-state index contributed by atoms with van der Waals surface area (Å²) in [5, 5.41) is 14.3. The average molecular weight is 215 g/mol. The Labute approximate surface area is 90.7 Å². The van der Waals surface area contributed by atoms with Crippen molar-refractivity contribution in [3.63, 3.8) is 0 Å². The molecule has 0 fully saturated rings. The fraction of sp³-hybridized carbons (Fsp3) is 0.800. The minimum absolute atomic E-state index is 0.0399. The lowest BCUT2D eigenvalue weighted by Gasteiger charge is -2.26. The first-order valence-corrected chi connectivity index (χ1v) is 5.17. The molecule has 0 aromatic carbocycles. The van der Waals surface area contributed by atoms with Gasteiger partial charge in [0.2, 0.25) is 5.91 Å². The molecule has 0 saturated carbocycles. The van der Waals surface area contributed by atoms with Gasteiger partial charge in [0.1, 0.15) is 0 Å². The lowest BCUT2D eigenvalue weighted by atomic mass is 9.98. The Hall–Kier alpha value is -1.26. The fourth-order valence-corrected chi connectivity index (χ4v) is 1.11. The van der Waals surface area contributed by atoms with Crippen molar-refractivity contribution in [2.24, 2.45) is 16.8 Å². The summed E-state index contributed by atoms with van der Waals surface area (Å²) in [4.78, 5) is 11.8. The van der Waals surface area contributed by atoms with E-state index in [1.54, 1.807) is 0 Å². The normalized spacial score (nSPS) is 14.8. The first-order valence-electron chi connectivity index (χ1n) is 5.17. The van der Waals surface area contributed by atoms with Crippen molar-refractivity contribution in [1.29, 1.82) is 0 Å². The van der Waals surface area contributed by atoms with E-state index < -0.39 is 5.92 Å². The standard InChI is InChI=1S/C10H21N3O2/c1-5-7(8(11)13-15)9(14)12-10(3,4)6-2/h7,15H,5-6H2,1-4H3,(H2,11,13)(H,12,14). The van der Waals surface area contributed by atoms with Crippen LogP contribution in [0.5, 0.6) is 0 Å². The molecule has 0 aliphatic heterocycles. The van der Waals surface area contributed by atoms with Crippen molar-refractivity contribution in [3.8, 4) is 0 Å². The molecular weight excluding hydrogens is 194 g/mol. The van der Waals surface area contributed by atoms with Crippen molar-refractivity contribution < 1.29 is 10.0 Å². The Morgan fingerprint density at radius 2 is 2.07 bits per heavy atom. The van der Waals surface area contributed by atoms with Gasteiger partial charge in [0.25, 0.3) is 0 Å². The van der Waals surface area contributed by atoms with Gasteiger partial charge in [-0.25, -0.2) is 0 Å². The molecule has 0 heterocycles. The maximum absolute atomic E-state index is 11.8. The van der Waals surface area contributed by atoms with Crippen molar-refractivity contribution in [2.75, 3.05) is 0 Å². The van der Waals surface area contributed by atoms with Gasteiger partial charge in [-0.2, -0.15) is 0 Å². The van der Waals surface area contributed by atoms with Crippen LogP contribution >= 0.6 is 0 Å². The SMILES string of the molecule is CCC(C(=O)NC(C)(C)CC)C(N)=NO. The van der Waals surface area contributed by atoms with Crippen LogP contribution in [0.25, 0.3) is 0 Å². The molecule has 0 aromatic heterocycles. The van der Waals surface area contributed by atoms with Gasteiger partial charge in [0.15, 0.2) is 5.84 Å². The van der Waals surface area contributed by atoms with Gasteiger partial charge in [-0.15, -0.1) is 0 Å². The van der Waals surface area contributed by atoms with Crippen LogP contribution in [-0.4, -0.2) is 22.5 Å². The molecule has 0 saturated heterocycles. The summed E-state index contributed by atoms with van der Waals surface area (Å²) in [5.41, 5.74) is 5.16. The zero-order chi connectivity index (χ0) is 12.1. The van der Waals surface area contributed by atoms with Crippen molar-refractivity contribution >= 4 is 11.7 Å². The van der Waals surface area contributed by atoms with E-state index in [4.69, 9.17) is 10.9 Å². The first kappa shape index (κ1) is 13.7. The molecule has 0 bridgehead atoms. The Bertz CT molecular complexity index is 249. The van der Waals surface area contributed by atoms with Gasteiger partial charge >= 0.3 is 0 Å². The molecule has 0 aromatic rings. The molecule has 0 aliphatic carbocycles. The zero-order valence-electron chi connectivity index (χ0n) is 9.87. The number of oxime groups is 1. The van der Waals surface area contributed by atoms with Crippen molar-refractivity contribution in [3.05, 3.63) is 0 Å². The minimum Gasteiger partial charge on any atom is -0.409 e. The van der Waals surface area contributed by atoms with E-state index in [0.717, 1.165) is 6.42 Å². The third kappa shape index (κ3) is 4.18. The second-order valence-corrected chi connectivity index (χ2v) is 4.21. The van der Waals surface area contributed by atoms with Gasteiger partial charge < -0.3 is 16.3 Å². The maximum atomic E-state index is 11.8. The lowest BCUT2D eigenvalue weighted by molar-refractivity contribution is -0.124.